The lowest BCUT2D eigenvalue weighted by Gasteiger charge is -2.15. The fraction of sp³-hybridized carbons (Fsp3) is 0.250. The molecule has 0 unspecified atom stereocenters. The zero-order valence-corrected chi connectivity index (χ0v) is 9.31. The molecule has 1 aromatic rings. The van der Waals surface area contributed by atoms with Crippen molar-refractivity contribution in [2.75, 3.05) is 0 Å². The predicted molar refractivity (Wildman–Crippen MR) is 48.9 cm³/mol. The van der Waals surface area contributed by atoms with E-state index in [0.29, 0.717) is 6.20 Å². The molecule has 0 radical (unpaired) electrons. The third-order valence-corrected chi connectivity index (χ3v) is 2.41. The van der Waals surface area contributed by atoms with Crippen LogP contribution in [-0.2, 0) is 6.18 Å². The van der Waals surface area contributed by atoms with Crippen LogP contribution in [-0.4, -0.2) is 16.1 Å². The smallest absolute Gasteiger partial charge is 0.419 e. The number of hydrogen-bond acceptors (Lipinski definition) is 2. The van der Waals surface area contributed by atoms with E-state index < -0.39 is 39.9 Å². The molecule has 1 aromatic heterocycles. The molecule has 17 heavy (non-hydrogen) atoms. The van der Waals surface area contributed by atoms with Gasteiger partial charge >= 0.3 is 12.1 Å². The molecule has 1 heterocycles. The number of aromatic carboxylic acids is 1. The lowest BCUT2D eigenvalue weighted by Crippen LogP contribution is -2.18. The zero-order chi connectivity index (χ0) is 13.4. The highest BCUT2D eigenvalue weighted by Gasteiger charge is 2.42. The predicted octanol–water partition coefficient (Wildman–Crippen LogP) is 3.50. The maximum atomic E-state index is 12.6. The molecule has 0 bridgehead atoms. The molecule has 0 amide bonds. The van der Waals surface area contributed by atoms with Gasteiger partial charge in [0.25, 0.3) is 6.43 Å². The fourth-order valence-electron chi connectivity index (χ4n) is 1.16. The molecule has 0 aliphatic heterocycles. The Morgan fingerprint density at radius 1 is 1.41 bits per heavy atom. The van der Waals surface area contributed by atoms with Gasteiger partial charge in [-0.15, -0.1) is 0 Å². The summed E-state index contributed by atoms with van der Waals surface area (Å²) in [6.07, 6.45) is -8.10. The van der Waals surface area contributed by atoms with E-state index in [2.05, 4.69) is 20.9 Å². The van der Waals surface area contributed by atoms with Crippen molar-refractivity contribution in [3.63, 3.8) is 0 Å². The van der Waals surface area contributed by atoms with Crippen molar-refractivity contribution in [2.45, 2.75) is 12.6 Å². The maximum absolute atomic E-state index is 12.6. The summed E-state index contributed by atoms with van der Waals surface area (Å²) in [7, 11) is 0. The first-order chi connectivity index (χ1) is 7.66. The largest absolute Gasteiger partial charge is 0.476 e. The summed E-state index contributed by atoms with van der Waals surface area (Å²) in [6.45, 7) is 0. The lowest BCUT2D eigenvalue weighted by molar-refractivity contribution is -0.140. The molecule has 1 N–H and O–H groups in total. The highest BCUT2D eigenvalue weighted by molar-refractivity contribution is 9.10. The van der Waals surface area contributed by atoms with Gasteiger partial charge in [-0.1, -0.05) is 0 Å². The van der Waals surface area contributed by atoms with Crippen LogP contribution in [0.15, 0.2) is 10.7 Å². The Hall–Kier alpha value is -1.25. The van der Waals surface area contributed by atoms with Gasteiger partial charge in [0, 0.05) is 16.2 Å². The number of rotatable bonds is 2. The van der Waals surface area contributed by atoms with Gasteiger partial charge in [0.1, 0.15) is 0 Å². The average Bonchev–Trinajstić information content (AvgIpc) is 2.14. The Morgan fingerprint density at radius 3 is 2.29 bits per heavy atom. The highest BCUT2D eigenvalue weighted by Crippen LogP contribution is 2.41. The average molecular weight is 320 g/mol. The van der Waals surface area contributed by atoms with Crippen LogP contribution in [0.2, 0.25) is 0 Å². The summed E-state index contributed by atoms with van der Waals surface area (Å²) in [5, 5.41) is 8.50. The van der Waals surface area contributed by atoms with Crippen LogP contribution < -0.4 is 0 Å². The van der Waals surface area contributed by atoms with Crippen LogP contribution in [0.25, 0.3) is 0 Å². The monoisotopic (exact) mass is 319 g/mol. The quantitative estimate of drug-likeness (QED) is 0.849. The van der Waals surface area contributed by atoms with Crippen molar-refractivity contribution in [1.82, 2.24) is 4.98 Å². The van der Waals surface area contributed by atoms with E-state index in [1.54, 1.807) is 0 Å². The van der Waals surface area contributed by atoms with Crippen LogP contribution in [0.1, 0.15) is 28.0 Å². The summed E-state index contributed by atoms with van der Waals surface area (Å²) in [6, 6.07) is 0. The summed E-state index contributed by atoms with van der Waals surface area (Å²) < 4.78 is 62.1. The van der Waals surface area contributed by atoms with E-state index in [-0.39, 0.29) is 0 Å². The number of aromatic nitrogens is 1. The number of alkyl halides is 5. The SMILES string of the molecule is O=C(O)c1ncc(Br)c(C(F)F)c1C(F)(F)F. The molecule has 0 fully saturated rings. The lowest BCUT2D eigenvalue weighted by atomic mass is 10.1. The topological polar surface area (TPSA) is 50.2 Å². The second-order valence-electron chi connectivity index (χ2n) is 2.85. The van der Waals surface area contributed by atoms with Gasteiger partial charge in [0.15, 0.2) is 5.69 Å². The van der Waals surface area contributed by atoms with Crippen molar-refractivity contribution in [2.24, 2.45) is 0 Å². The van der Waals surface area contributed by atoms with Gasteiger partial charge in [-0.3, -0.25) is 0 Å². The van der Waals surface area contributed by atoms with Gasteiger partial charge in [0.2, 0.25) is 0 Å². The molecule has 0 saturated heterocycles. The number of pyridine rings is 1. The molecular weight excluding hydrogens is 317 g/mol. The van der Waals surface area contributed by atoms with Crippen LogP contribution >= 0.6 is 15.9 Å². The van der Waals surface area contributed by atoms with E-state index >= 15 is 0 Å². The summed E-state index contributed by atoms with van der Waals surface area (Å²) in [4.78, 5) is 13.5. The number of nitrogens with zero attached hydrogens (tertiary/aromatic N) is 1. The Kier molecular flexibility index (Phi) is 3.70. The Balaban J connectivity index is 3.68. The van der Waals surface area contributed by atoms with Crippen LogP contribution in [0.5, 0.6) is 0 Å². The summed E-state index contributed by atoms with van der Waals surface area (Å²) in [5.41, 5.74) is -4.81. The number of hydrogen-bond donors (Lipinski definition) is 1. The van der Waals surface area contributed by atoms with Gasteiger partial charge in [-0.25, -0.2) is 18.6 Å². The number of carboxylic acids is 1. The third kappa shape index (κ3) is 2.71. The molecule has 0 saturated carbocycles. The molecule has 9 heteroatoms. The second-order valence-corrected chi connectivity index (χ2v) is 3.70. The minimum absolute atomic E-state index is 0.593. The molecule has 0 aliphatic rings. The van der Waals surface area contributed by atoms with Gasteiger partial charge < -0.3 is 5.11 Å². The van der Waals surface area contributed by atoms with E-state index in [4.69, 9.17) is 5.11 Å². The van der Waals surface area contributed by atoms with Crippen LogP contribution in [0.4, 0.5) is 22.0 Å². The van der Waals surface area contributed by atoms with Crippen molar-refractivity contribution in [3.8, 4) is 0 Å². The van der Waals surface area contributed by atoms with Crippen molar-refractivity contribution < 1.29 is 31.9 Å². The minimum Gasteiger partial charge on any atom is -0.476 e. The molecule has 0 atom stereocenters. The normalized spacial score (nSPS) is 11.9. The summed E-state index contributed by atoms with van der Waals surface area (Å²) in [5.74, 6) is -2.02. The maximum Gasteiger partial charge on any atom is 0.419 e. The number of carboxylic acid groups (broad SMARTS) is 1. The van der Waals surface area contributed by atoms with Crippen LogP contribution in [0.3, 0.4) is 0 Å². The van der Waals surface area contributed by atoms with Gasteiger partial charge in [0.05, 0.1) is 5.56 Å². The molecule has 0 spiro atoms. The molecule has 0 aliphatic carbocycles. The Bertz CT molecular complexity index is 460. The zero-order valence-electron chi connectivity index (χ0n) is 7.73. The molecule has 3 nitrogen and oxygen atoms in total. The first kappa shape index (κ1) is 13.8. The number of carbonyl (C=O) groups is 1. The first-order valence-corrected chi connectivity index (χ1v) is 4.72. The van der Waals surface area contributed by atoms with E-state index in [9.17, 15) is 26.7 Å². The summed E-state index contributed by atoms with van der Waals surface area (Å²) >= 11 is 2.49. The second kappa shape index (κ2) is 4.55. The van der Waals surface area contributed by atoms with Gasteiger partial charge in [-0.2, -0.15) is 13.2 Å². The molecule has 1 rings (SSSR count). The van der Waals surface area contributed by atoms with Crippen molar-refractivity contribution in [3.05, 3.63) is 27.5 Å². The first-order valence-electron chi connectivity index (χ1n) is 3.93. The number of halogens is 6. The molecule has 0 aromatic carbocycles. The van der Waals surface area contributed by atoms with E-state index in [0.717, 1.165) is 0 Å². The standard InChI is InChI=1S/C8H3BrF5NO2/c9-2-1-15-5(7(16)17)4(8(12,13)14)3(2)6(10)11/h1,6H,(H,16,17). The van der Waals surface area contributed by atoms with E-state index in [1.807, 2.05) is 0 Å². The molecule has 94 valence electrons. The van der Waals surface area contributed by atoms with Crippen molar-refractivity contribution in [1.29, 1.82) is 0 Å². The third-order valence-electron chi connectivity index (χ3n) is 1.77. The van der Waals surface area contributed by atoms with E-state index in [1.165, 1.54) is 0 Å². The Labute approximate surface area is 99.4 Å². The Morgan fingerprint density at radius 2 is 1.94 bits per heavy atom. The van der Waals surface area contributed by atoms with Crippen LogP contribution in [0, 0.1) is 0 Å². The van der Waals surface area contributed by atoms with Gasteiger partial charge in [-0.05, 0) is 15.9 Å². The highest BCUT2D eigenvalue weighted by atomic mass is 79.9. The van der Waals surface area contributed by atoms with Crippen molar-refractivity contribution >= 4 is 21.9 Å². The minimum atomic E-state index is -5.23. The fourth-order valence-corrected chi connectivity index (χ4v) is 1.64. The molecular formula is C8H3BrF5NO2.